The Bertz CT molecular complexity index is 1200. The molecule has 0 aliphatic carbocycles. The van der Waals surface area contributed by atoms with Crippen LogP contribution in [0.15, 0.2) is 65.3 Å². The van der Waals surface area contributed by atoms with Crippen LogP contribution < -0.4 is 9.64 Å². The molecule has 0 spiro atoms. The van der Waals surface area contributed by atoms with Crippen LogP contribution in [-0.2, 0) is 14.3 Å². The Hall–Kier alpha value is -3.71. The summed E-state index contributed by atoms with van der Waals surface area (Å²) in [5, 5.41) is 0.997. The van der Waals surface area contributed by atoms with Crippen LogP contribution in [0.3, 0.4) is 0 Å². The van der Waals surface area contributed by atoms with Gasteiger partial charge in [0.2, 0.25) is 5.90 Å². The number of carbonyl (C=O) groups excluding carboxylic acids is 1. The summed E-state index contributed by atoms with van der Waals surface area (Å²) in [6.07, 6.45) is 1.75. The number of ether oxygens (including phenoxy) is 3. The maximum atomic E-state index is 12.6. The largest absolute Gasteiger partial charge is 0.497 e. The lowest BCUT2D eigenvalue weighted by atomic mass is 10.1. The van der Waals surface area contributed by atoms with Gasteiger partial charge in [-0.1, -0.05) is 18.2 Å². The summed E-state index contributed by atoms with van der Waals surface area (Å²) < 4.78 is 16.1. The molecule has 1 aromatic heterocycles. The first-order chi connectivity index (χ1) is 15.2. The maximum Gasteiger partial charge on any atom is 0.363 e. The van der Waals surface area contributed by atoms with Gasteiger partial charge in [-0.15, -0.1) is 0 Å². The summed E-state index contributed by atoms with van der Waals surface area (Å²) in [5.41, 5.74) is 2.69. The normalized spacial score (nSPS) is 17.7. The number of fused-ring (bicyclic) bond motifs is 1. The number of aromatic nitrogens is 1. The minimum atomic E-state index is -0.480. The molecule has 2 aromatic carbocycles. The van der Waals surface area contributed by atoms with Crippen molar-refractivity contribution < 1.29 is 19.0 Å². The fourth-order valence-electron chi connectivity index (χ4n) is 3.67. The Kier molecular flexibility index (Phi) is 5.09. The van der Waals surface area contributed by atoms with Crippen LogP contribution in [0.4, 0.5) is 5.82 Å². The molecule has 0 radical (unpaired) electrons. The number of methoxy groups -OCH3 is 1. The van der Waals surface area contributed by atoms with Gasteiger partial charge in [-0.05, 0) is 42.5 Å². The molecular formula is C24H21N3O4. The number of hydrogen-bond acceptors (Lipinski definition) is 7. The van der Waals surface area contributed by atoms with E-state index in [-0.39, 0.29) is 11.6 Å². The number of nitrogens with zero attached hydrogens (tertiary/aromatic N) is 3. The fraction of sp³-hybridized carbons (Fsp3) is 0.208. The van der Waals surface area contributed by atoms with Crippen LogP contribution >= 0.6 is 0 Å². The Balaban J connectivity index is 1.56. The van der Waals surface area contributed by atoms with Gasteiger partial charge in [-0.2, -0.15) is 0 Å². The molecule has 31 heavy (non-hydrogen) atoms. The van der Waals surface area contributed by atoms with E-state index < -0.39 is 5.97 Å². The van der Waals surface area contributed by atoms with E-state index in [1.807, 2.05) is 42.5 Å². The highest BCUT2D eigenvalue weighted by Gasteiger charge is 2.25. The molecule has 0 amide bonds. The lowest BCUT2D eigenvalue weighted by Crippen LogP contribution is -2.37. The molecule has 0 saturated carbocycles. The molecule has 3 heterocycles. The first kappa shape index (κ1) is 19.3. The zero-order valence-electron chi connectivity index (χ0n) is 17.1. The van der Waals surface area contributed by atoms with Crippen molar-refractivity contribution in [2.24, 2.45) is 4.99 Å². The van der Waals surface area contributed by atoms with Crippen molar-refractivity contribution in [1.29, 1.82) is 0 Å². The number of rotatable bonds is 4. The molecule has 3 aromatic rings. The van der Waals surface area contributed by atoms with Crippen LogP contribution in [0, 0.1) is 0 Å². The third-order valence-corrected chi connectivity index (χ3v) is 5.29. The topological polar surface area (TPSA) is 73.3 Å². The van der Waals surface area contributed by atoms with Crippen molar-refractivity contribution in [3.63, 3.8) is 0 Å². The smallest absolute Gasteiger partial charge is 0.363 e. The molecule has 0 bridgehead atoms. The highest BCUT2D eigenvalue weighted by atomic mass is 16.6. The predicted molar refractivity (Wildman–Crippen MR) is 118 cm³/mol. The van der Waals surface area contributed by atoms with Crippen molar-refractivity contribution in [3.05, 3.63) is 71.4 Å². The first-order valence-electron chi connectivity index (χ1n) is 10.1. The Labute approximate surface area is 179 Å². The number of carbonyl (C=O) groups is 1. The highest BCUT2D eigenvalue weighted by Crippen LogP contribution is 2.28. The standard InChI is InChI=1S/C24H21N3O4/c1-29-19-8-6-16(7-9-19)23-26-21(24(28)31-23)15-18-14-17-4-2-3-5-20(17)25-22(18)27-10-12-30-13-11-27/h2-9,14-15H,10-13H2,1H3/b21-15+. The van der Waals surface area contributed by atoms with E-state index in [0.717, 1.165) is 41.1 Å². The zero-order chi connectivity index (χ0) is 21.2. The van der Waals surface area contributed by atoms with E-state index >= 15 is 0 Å². The monoisotopic (exact) mass is 415 g/mol. The summed E-state index contributed by atoms with van der Waals surface area (Å²) >= 11 is 0. The van der Waals surface area contributed by atoms with Gasteiger partial charge in [0.1, 0.15) is 11.6 Å². The summed E-state index contributed by atoms with van der Waals surface area (Å²) in [6, 6.07) is 17.2. The third-order valence-electron chi connectivity index (χ3n) is 5.29. The zero-order valence-corrected chi connectivity index (χ0v) is 17.1. The summed E-state index contributed by atoms with van der Waals surface area (Å²) in [6.45, 7) is 2.78. The van der Waals surface area contributed by atoms with Crippen molar-refractivity contribution >= 4 is 34.7 Å². The van der Waals surface area contributed by atoms with E-state index in [9.17, 15) is 4.79 Å². The van der Waals surface area contributed by atoms with Gasteiger partial charge >= 0.3 is 5.97 Å². The van der Waals surface area contributed by atoms with E-state index in [4.69, 9.17) is 19.2 Å². The van der Waals surface area contributed by atoms with E-state index in [0.29, 0.717) is 18.8 Å². The summed E-state index contributed by atoms with van der Waals surface area (Å²) in [5.74, 6) is 1.34. The van der Waals surface area contributed by atoms with Gasteiger partial charge in [0.05, 0.1) is 25.8 Å². The first-order valence-corrected chi connectivity index (χ1v) is 10.1. The lowest BCUT2D eigenvalue weighted by molar-refractivity contribution is -0.129. The van der Waals surface area contributed by atoms with Crippen molar-refractivity contribution in [3.8, 4) is 5.75 Å². The SMILES string of the molecule is COc1ccc(C2=N/C(=C/c3cc4ccccc4nc3N3CCOCC3)C(=O)O2)cc1. The van der Waals surface area contributed by atoms with Crippen LogP contribution in [-0.4, -0.2) is 50.3 Å². The van der Waals surface area contributed by atoms with Crippen molar-refractivity contribution in [1.82, 2.24) is 4.98 Å². The number of cyclic esters (lactones) is 1. The van der Waals surface area contributed by atoms with Gasteiger partial charge in [0.15, 0.2) is 5.70 Å². The average molecular weight is 415 g/mol. The summed E-state index contributed by atoms with van der Waals surface area (Å²) in [4.78, 5) is 24.1. The molecule has 7 heteroatoms. The third kappa shape index (κ3) is 3.87. The van der Waals surface area contributed by atoms with Gasteiger partial charge in [-0.3, -0.25) is 0 Å². The minimum Gasteiger partial charge on any atom is -0.497 e. The number of hydrogen-bond donors (Lipinski definition) is 0. The van der Waals surface area contributed by atoms with Crippen LogP contribution in [0.5, 0.6) is 5.75 Å². The molecule has 0 N–H and O–H groups in total. The lowest BCUT2D eigenvalue weighted by Gasteiger charge is -2.29. The molecule has 2 aliphatic heterocycles. The number of anilines is 1. The molecule has 5 rings (SSSR count). The molecule has 0 atom stereocenters. The number of para-hydroxylation sites is 1. The average Bonchev–Trinajstić information content (AvgIpc) is 3.19. The number of benzene rings is 2. The molecule has 7 nitrogen and oxygen atoms in total. The second-order valence-corrected chi connectivity index (χ2v) is 7.26. The fourth-order valence-corrected chi connectivity index (χ4v) is 3.67. The van der Waals surface area contributed by atoms with E-state index in [2.05, 4.69) is 9.89 Å². The van der Waals surface area contributed by atoms with Crippen LogP contribution in [0.2, 0.25) is 0 Å². The van der Waals surface area contributed by atoms with E-state index in [1.165, 1.54) is 0 Å². The number of pyridine rings is 1. The van der Waals surface area contributed by atoms with Gasteiger partial charge < -0.3 is 19.1 Å². The predicted octanol–water partition coefficient (Wildman–Crippen LogP) is 3.42. The number of esters is 1. The van der Waals surface area contributed by atoms with Gasteiger partial charge in [0, 0.05) is 29.6 Å². The van der Waals surface area contributed by atoms with Gasteiger partial charge in [0.25, 0.3) is 0 Å². The quantitative estimate of drug-likeness (QED) is 0.480. The molecule has 0 unspecified atom stereocenters. The highest BCUT2D eigenvalue weighted by molar-refractivity contribution is 6.13. The number of aliphatic imine (C=N–C) groups is 1. The minimum absolute atomic E-state index is 0.248. The van der Waals surface area contributed by atoms with Crippen molar-refractivity contribution in [2.45, 2.75) is 0 Å². The second-order valence-electron chi connectivity index (χ2n) is 7.26. The molecule has 1 saturated heterocycles. The molecule has 2 aliphatic rings. The van der Waals surface area contributed by atoms with Gasteiger partial charge in [-0.25, -0.2) is 14.8 Å². The maximum absolute atomic E-state index is 12.6. The van der Waals surface area contributed by atoms with Crippen molar-refractivity contribution in [2.75, 3.05) is 38.3 Å². The second kappa shape index (κ2) is 8.20. The Morgan fingerprint density at radius 3 is 2.61 bits per heavy atom. The summed E-state index contributed by atoms with van der Waals surface area (Å²) in [7, 11) is 1.60. The molecule has 1 fully saturated rings. The van der Waals surface area contributed by atoms with Crippen LogP contribution in [0.25, 0.3) is 17.0 Å². The Morgan fingerprint density at radius 2 is 1.84 bits per heavy atom. The number of morpholine rings is 1. The molecule has 156 valence electrons. The van der Waals surface area contributed by atoms with E-state index in [1.54, 1.807) is 25.3 Å². The van der Waals surface area contributed by atoms with Crippen LogP contribution in [0.1, 0.15) is 11.1 Å². The Morgan fingerprint density at radius 1 is 1.06 bits per heavy atom. The molecular weight excluding hydrogens is 394 g/mol.